The van der Waals surface area contributed by atoms with Crippen molar-refractivity contribution in [3.63, 3.8) is 0 Å². The molecule has 3 rings (SSSR count). The third-order valence-electron chi connectivity index (χ3n) is 4.87. The number of hydrogen-bond acceptors (Lipinski definition) is 4. The molecule has 1 aliphatic heterocycles. The summed E-state index contributed by atoms with van der Waals surface area (Å²) in [6, 6.07) is 14.9. The van der Waals surface area contributed by atoms with E-state index in [2.05, 4.69) is 51.8 Å². The average molecular weight is 325 g/mol. The Morgan fingerprint density at radius 1 is 1.21 bits per heavy atom. The van der Waals surface area contributed by atoms with Crippen LogP contribution >= 0.6 is 0 Å². The Hall–Kier alpha value is -1.91. The number of hydrogen-bond donors (Lipinski definition) is 1. The van der Waals surface area contributed by atoms with Gasteiger partial charge in [0.15, 0.2) is 0 Å². The molecule has 2 aromatic rings. The van der Waals surface area contributed by atoms with Crippen molar-refractivity contribution in [1.82, 2.24) is 9.99 Å². The monoisotopic (exact) mass is 325 g/mol. The number of methoxy groups -OCH3 is 1. The van der Waals surface area contributed by atoms with Gasteiger partial charge in [0.25, 0.3) is 0 Å². The highest BCUT2D eigenvalue weighted by molar-refractivity contribution is 5.40. The van der Waals surface area contributed by atoms with Gasteiger partial charge in [-0.2, -0.15) is 0 Å². The first-order valence-electron chi connectivity index (χ1n) is 8.66. The zero-order valence-corrected chi connectivity index (χ0v) is 14.7. The van der Waals surface area contributed by atoms with Crippen molar-refractivity contribution in [2.24, 2.45) is 5.41 Å². The maximum absolute atomic E-state index is 5.57. The van der Waals surface area contributed by atoms with Crippen LogP contribution in [-0.2, 0) is 11.2 Å². The van der Waals surface area contributed by atoms with Gasteiger partial charge in [-0.05, 0) is 43.9 Å². The smallest absolute Gasteiger partial charge is 0.0673 e. The topological polar surface area (TPSA) is 37.4 Å². The number of nitrogens with one attached hydrogen (secondary N) is 1. The van der Waals surface area contributed by atoms with E-state index in [1.165, 1.54) is 5.56 Å². The average Bonchev–Trinajstić information content (AvgIpc) is 3.00. The first-order chi connectivity index (χ1) is 11.7. The lowest BCUT2D eigenvalue weighted by molar-refractivity contribution is 0.0792. The fraction of sp³-hybridized carbons (Fsp3) is 0.450. The molecule has 0 amide bonds. The maximum Gasteiger partial charge on any atom is 0.0673 e. The van der Waals surface area contributed by atoms with Crippen LogP contribution in [0.2, 0.25) is 0 Å². The van der Waals surface area contributed by atoms with Gasteiger partial charge in [-0.3, -0.25) is 4.98 Å². The van der Waals surface area contributed by atoms with Crippen molar-refractivity contribution >= 4 is 5.69 Å². The van der Waals surface area contributed by atoms with Crippen LogP contribution in [0.5, 0.6) is 0 Å². The molecule has 0 bridgehead atoms. The van der Waals surface area contributed by atoms with Crippen LogP contribution in [0.3, 0.4) is 0 Å². The highest BCUT2D eigenvalue weighted by atomic mass is 16.5. The molecule has 1 N–H and O–H groups in total. The van der Waals surface area contributed by atoms with E-state index in [9.17, 15) is 0 Å². The highest BCUT2D eigenvalue weighted by Crippen LogP contribution is 2.35. The maximum atomic E-state index is 5.57. The van der Waals surface area contributed by atoms with Gasteiger partial charge >= 0.3 is 0 Å². The summed E-state index contributed by atoms with van der Waals surface area (Å²) in [6.07, 6.45) is 5.30. The largest absolute Gasteiger partial charge is 0.384 e. The van der Waals surface area contributed by atoms with Crippen molar-refractivity contribution in [3.05, 3.63) is 59.9 Å². The molecule has 24 heavy (non-hydrogen) atoms. The van der Waals surface area contributed by atoms with Crippen molar-refractivity contribution in [2.45, 2.75) is 26.2 Å². The number of ether oxygens (including phenoxy) is 1. The molecule has 1 aromatic heterocycles. The second kappa shape index (κ2) is 7.77. The summed E-state index contributed by atoms with van der Waals surface area (Å²) in [5, 5.41) is 2.30. The van der Waals surface area contributed by atoms with Crippen LogP contribution in [0.15, 0.2) is 48.7 Å². The molecule has 1 saturated heterocycles. The second-order valence-electron chi connectivity index (χ2n) is 6.89. The lowest BCUT2D eigenvalue weighted by Crippen LogP contribution is -2.34. The summed E-state index contributed by atoms with van der Waals surface area (Å²) >= 11 is 0. The summed E-state index contributed by atoms with van der Waals surface area (Å²) in [5.41, 5.74) is 7.21. The van der Waals surface area contributed by atoms with Gasteiger partial charge in [0.2, 0.25) is 0 Å². The Bertz CT molecular complexity index is 629. The lowest BCUT2D eigenvalue weighted by Gasteiger charge is -2.29. The third-order valence-corrected chi connectivity index (χ3v) is 4.87. The summed E-state index contributed by atoms with van der Waals surface area (Å²) in [7, 11) is 1.81. The summed E-state index contributed by atoms with van der Waals surface area (Å²) in [5.74, 6) is 0. The molecule has 1 atom stereocenters. The number of aromatic nitrogens is 1. The minimum atomic E-state index is 0.218. The van der Waals surface area contributed by atoms with E-state index in [-0.39, 0.29) is 5.41 Å². The summed E-state index contributed by atoms with van der Waals surface area (Å²) in [4.78, 5) is 4.36. The Kier molecular flexibility index (Phi) is 5.48. The first-order valence-corrected chi connectivity index (χ1v) is 8.66. The van der Waals surface area contributed by atoms with Crippen molar-refractivity contribution in [1.29, 1.82) is 0 Å². The molecule has 1 fully saturated rings. The van der Waals surface area contributed by atoms with E-state index in [1.54, 1.807) is 0 Å². The van der Waals surface area contributed by atoms with Gasteiger partial charge in [0.05, 0.1) is 18.5 Å². The van der Waals surface area contributed by atoms with Crippen LogP contribution in [0.1, 0.15) is 24.1 Å². The minimum Gasteiger partial charge on any atom is -0.384 e. The Labute approximate surface area is 144 Å². The molecule has 0 radical (unpaired) electrons. The SMILES string of the molecule is COC[C@]1(CCc2ccccc2)CCN(Nc2ccc(C)nc2)C1. The normalized spacial score (nSPS) is 21.1. The molecule has 1 aromatic carbocycles. The van der Waals surface area contributed by atoms with Gasteiger partial charge < -0.3 is 10.2 Å². The third kappa shape index (κ3) is 4.34. The Morgan fingerprint density at radius 3 is 2.75 bits per heavy atom. The van der Waals surface area contributed by atoms with Gasteiger partial charge in [-0.1, -0.05) is 30.3 Å². The Morgan fingerprint density at radius 2 is 2.04 bits per heavy atom. The van der Waals surface area contributed by atoms with Crippen molar-refractivity contribution < 1.29 is 4.74 Å². The highest BCUT2D eigenvalue weighted by Gasteiger charge is 2.38. The molecule has 0 aliphatic carbocycles. The van der Waals surface area contributed by atoms with Crippen molar-refractivity contribution in [2.75, 3.05) is 32.2 Å². The molecule has 4 heteroatoms. The fourth-order valence-electron chi connectivity index (χ4n) is 3.50. The van der Waals surface area contributed by atoms with Gasteiger partial charge in [-0.15, -0.1) is 0 Å². The predicted octanol–water partition coefficient (Wildman–Crippen LogP) is 3.69. The molecule has 128 valence electrons. The van der Waals surface area contributed by atoms with E-state index < -0.39 is 0 Å². The van der Waals surface area contributed by atoms with E-state index in [1.807, 2.05) is 26.3 Å². The standard InChI is InChI=1S/C20H27N3O/c1-17-8-9-19(14-21-17)22-23-13-12-20(15-23,16-24-2)11-10-18-6-4-3-5-7-18/h3-9,14,22H,10-13,15-16H2,1-2H3/t20-/m1/s1. The van der Waals surface area contributed by atoms with Crippen molar-refractivity contribution in [3.8, 4) is 0 Å². The van der Waals surface area contributed by atoms with Crippen LogP contribution in [-0.4, -0.2) is 36.8 Å². The minimum absolute atomic E-state index is 0.218. The molecule has 0 saturated carbocycles. The van der Waals surface area contributed by atoms with Crippen LogP contribution in [0.4, 0.5) is 5.69 Å². The number of rotatable bonds is 7. The second-order valence-corrected chi connectivity index (χ2v) is 6.89. The number of aryl methyl sites for hydroxylation is 2. The molecule has 0 unspecified atom stereocenters. The molecule has 0 spiro atoms. The molecular formula is C20H27N3O. The molecule has 2 heterocycles. The first kappa shape index (κ1) is 16.9. The van der Waals surface area contributed by atoms with E-state index >= 15 is 0 Å². The van der Waals surface area contributed by atoms with Crippen LogP contribution in [0, 0.1) is 12.3 Å². The fourth-order valence-corrected chi connectivity index (χ4v) is 3.50. The summed E-state index contributed by atoms with van der Waals surface area (Å²) in [6.45, 7) is 4.85. The Balaban J connectivity index is 1.60. The van der Waals surface area contributed by atoms with E-state index in [4.69, 9.17) is 4.74 Å². The number of benzene rings is 1. The van der Waals surface area contributed by atoms with E-state index in [0.717, 1.165) is 50.3 Å². The zero-order valence-electron chi connectivity index (χ0n) is 14.7. The molecule has 1 aliphatic rings. The molecule has 4 nitrogen and oxygen atoms in total. The quantitative estimate of drug-likeness (QED) is 0.842. The number of anilines is 1. The predicted molar refractivity (Wildman–Crippen MR) is 97.9 cm³/mol. The van der Waals surface area contributed by atoms with Gasteiger partial charge in [0.1, 0.15) is 0 Å². The number of pyridine rings is 1. The zero-order chi connectivity index (χ0) is 16.8. The number of nitrogens with zero attached hydrogens (tertiary/aromatic N) is 2. The number of hydrazine groups is 1. The van der Waals surface area contributed by atoms with E-state index in [0.29, 0.717) is 0 Å². The lowest BCUT2D eigenvalue weighted by atomic mass is 9.82. The summed E-state index contributed by atoms with van der Waals surface area (Å²) < 4.78 is 5.57. The molecular weight excluding hydrogens is 298 g/mol. The van der Waals surface area contributed by atoms with Gasteiger partial charge in [-0.25, -0.2) is 5.01 Å². The van der Waals surface area contributed by atoms with Crippen LogP contribution < -0.4 is 5.43 Å². The van der Waals surface area contributed by atoms with Crippen LogP contribution in [0.25, 0.3) is 0 Å². The van der Waals surface area contributed by atoms with Gasteiger partial charge in [0, 0.05) is 31.3 Å².